The quantitative estimate of drug-likeness (QED) is 0.511. The SMILES string of the molecule is CN=C(NCCc1ccc(S(C)(=O)=O)cc1)NCC(c1ccc(C)cc1)N(C)C. The van der Waals surface area contributed by atoms with Gasteiger partial charge < -0.3 is 15.5 Å². The zero-order chi connectivity index (χ0) is 21.4. The molecule has 29 heavy (non-hydrogen) atoms. The highest BCUT2D eigenvalue weighted by Crippen LogP contribution is 2.17. The number of likely N-dealkylation sites (N-methyl/N-ethyl adjacent to an activating group) is 1. The third-order valence-corrected chi connectivity index (χ3v) is 5.96. The van der Waals surface area contributed by atoms with Crippen LogP contribution in [0.15, 0.2) is 58.4 Å². The monoisotopic (exact) mass is 416 g/mol. The van der Waals surface area contributed by atoms with Crippen molar-refractivity contribution in [3.8, 4) is 0 Å². The van der Waals surface area contributed by atoms with Crippen LogP contribution < -0.4 is 10.6 Å². The van der Waals surface area contributed by atoms with Gasteiger partial charge in [-0.1, -0.05) is 42.0 Å². The van der Waals surface area contributed by atoms with Crippen molar-refractivity contribution in [1.29, 1.82) is 0 Å². The molecule has 0 saturated heterocycles. The Balaban J connectivity index is 1.87. The van der Waals surface area contributed by atoms with Gasteiger partial charge in [-0.05, 0) is 50.7 Å². The van der Waals surface area contributed by atoms with Crippen molar-refractivity contribution in [3.63, 3.8) is 0 Å². The molecule has 2 rings (SSSR count). The number of benzene rings is 2. The molecule has 1 unspecified atom stereocenters. The molecule has 0 spiro atoms. The highest BCUT2D eigenvalue weighted by atomic mass is 32.2. The van der Waals surface area contributed by atoms with E-state index in [-0.39, 0.29) is 6.04 Å². The largest absolute Gasteiger partial charge is 0.356 e. The van der Waals surface area contributed by atoms with Crippen molar-refractivity contribution >= 4 is 15.8 Å². The lowest BCUT2D eigenvalue weighted by atomic mass is 10.0. The second-order valence-electron chi connectivity index (χ2n) is 7.44. The minimum Gasteiger partial charge on any atom is -0.356 e. The van der Waals surface area contributed by atoms with Crippen LogP contribution in [-0.4, -0.2) is 59.8 Å². The fraction of sp³-hybridized carbons (Fsp3) is 0.409. The predicted octanol–water partition coefficient (Wildman–Crippen LogP) is 2.41. The number of guanidine groups is 1. The first kappa shape index (κ1) is 22.9. The molecular weight excluding hydrogens is 384 g/mol. The molecule has 0 aromatic heterocycles. The summed E-state index contributed by atoms with van der Waals surface area (Å²) < 4.78 is 23.1. The van der Waals surface area contributed by atoms with E-state index in [1.54, 1.807) is 19.2 Å². The summed E-state index contributed by atoms with van der Waals surface area (Å²) in [5.41, 5.74) is 3.59. The van der Waals surface area contributed by atoms with Crippen LogP contribution in [0.2, 0.25) is 0 Å². The molecule has 0 amide bonds. The molecule has 0 saturated carbocycles. The van der Waals surface area contributed by atoms with Gasteiger partial charge in [-0.15, -0.1) is 0 Å². The van der Waals surface area contributed by atoms with Gasteiger partial charge in [0.25, 0.3) is 0 Å². The van der Waals surface area contributed by atoms with Crippen molar-refractivity contribution < 1.29 is 8.42 Å². The average molecular weight is 417 g/mol. The maximum Gasteiger partial charge on any atom is 0.191 e. The van der Waals surface area contributed by atoms with Gasteiger partial charge in [0.2, 0.25) is 0 Å². The summed E-state index contributed by atoms with van der Waals surface area (Å²) in [4.78, 5) is 6.84. The predicted molar refractivity (Wildman–Crippen MR) is 120 cm³/mol. The van der Waals surface area contributed by atoms with E-state index < -0.39 is 9.84 Å². The molecule has 2 aromatic carbocycles. The summed E-state index contributed by atoms with van der Waals surface area (Å²) >= 11 is 0. The third-order valence-electron chi connectivity index (χ3n) is 4.83. The number of hydrogen-bond acceptors (Lipinski definition) is 4. The molecule has 158 valence electrons. The Morgan fingerprint density at radius 3 is 2.17 bits per heavy atom. The molecule has 0 heterocycles. The first-order valence-corrected chi connectivity index (χ1v) is 11.6. The summed E-state index contributed by atoms with van der Waals surface area (Å²) in [6, 6.07) is 15.8. The molecule has 0 aliphatic carbocycles. The van der Waals surface area contributed by atoms with Crippen molar-refractivity contribution in [2.75, 3.05) is 40.5 Å². The number of nitrogens with zero attached hydrogens (tertiary/aromatic N) is 2. The molecule has 6 nitrogen and oxygen atoms in total. The Hall–Kier alpha value is -2.38. The number of hydrogen-bond donors (Lipinski definition) is 2. The van der Waals surface area contributed by atoms with E-state index in [0.717, 1.165) is 24.5 Å². The molecule has 1 atom stereocenters. The molecule has 0 radical (unpaired) electrons. The summed E-state index contributed by atoms with van der Waals surface area (Å²) in [5.74, 6) is 0.747. The van der Waals surface area contributed by atoms with Crippen LogP contribution in [0.1, 0.15) is 22.7 Å². The minimum atomic E-state index is -3.15. The van der Waals surface area contributed by atoms with E-state index in [1.807, 2.05) is 12.1 Å². The Bertz CT molecular complexity index is 905. The zero-order valence-electron chi connectivity index (χ0n) is 17.9. The highest BCUT2D eigenvalue weighted by molar-refractivity contribution is 7.90. The number of nitrogens with one attached hydrogen (secondary N) is 2. The summed E-state index contributed by atoms with van der Waals surface area (Å²) in [5, 5.41) is 6.72. The summed E-state index contributed by atoms with van der Waals surface area (Å²) in [7, 11) is 2.75. The van der Waals surface area contributed by atoms with Crippen LogP contribution in [0.5, 0.6) is 0 Å². The fourth-order valence-corrected chi connectivity index (χ4v) is 3.66. The van der Waals surface area contributed by atoms with Crippen molar-refractivity contribution in [3.05, 3.63) is 65.2 Å². The molecule has 0 aliphatic rings. The van der Waals surface area contributed by atoms with Crippen molar-refractivity contribution in [2.24, 2.45) is 4.99 Å². The molecule has 7 heteroatoms. The van der Waals surface area contributed by atoms with Crippen LogP contribution in [0, 0.1) is 6.92 Å². The van der Waals surface area contributed by atoms with Crippen LogP contribution in [0.4, 0.5) is 0 Å². The Morgan fingerprint density at radius 2 is 1.66 bits per heavy atom. The first-order chi connectivity index (χ1) is 13.7. The number of aryl methyl sites for hydroxylation is 1. The van der Waals surface area contributed by atoms with E-state index in [1.165, 1.54) is 17.4 Å². The number of aliphatic imine (C=N–C) groups is 1. The van der Waals surface area contributed by atoms with E-state index in [0.29, 0.717) is 11.4 Å². The molecule has 2 N–H and O–H groups in total. The third kappa shape index (κ3) is 7.18. The van der Waals surface area contributed by atoms with Gasteiger partial charge in [0, 0.05) is 26.4 Å². The molecule has 2 aromatic rings. The lowest BCUT2D eigenvalue weighted by molar-refractivity contribution is 0.298. The Kier molecular flexibility index (Phi) is 8.22. The molecular formula is C22H32N4O2S. The Morgan fingerprint density at radius 1 is 1.03 bits per heavy atom. The van der Waals surface area contributed by atoms with E-state index >= 15 is 0 Å². The van der Waals surface area contributed by atoms with Crippen LogP contribution in [0.3, 0.4) is 0 Å². The van der Waals surface area contributed by atoms with Gasteiger partial charge in [0.1, 0.15) is 0 Å². The standard InChI is InChI=1S/C22H32N4O2S/c1-17-6-10-19(11-7-17)21(26(3)4)16-25-22(23-2)24-15-14-18-8-12-20(13-9-18)29(5,27)28/h6-13,21H,14-16H2,1-5H3,(H2,23,24,25). The second-order valence-corrected chi connectivity index (χ2v) is 9.45. The smallest absolute Gasteiger partial charge is 0.191 e. The number of sulfone groups is 1. The van der Waals surface area contributed by atoms with E-state index in [4.69, 9.17) is 0 Å². The molecule has 0 fully saturated rings. The van der Waals surface area contributed by atoms with Gasteiger partial charge in [-0.25, -0.2) is 8.42 Å². The zero-order valence-corrected chi connectivity index (χ0v) is 18.8. The maximum atomic E-state index is 11.5. The van der Waals surface area contributed by atoms with Gasteiger partial charge in [0.15, 0.2) is 15.8 Å². The van der Waals surface area contributed by atoms with Crippen LogP contribution in [0.25, 0.3) is 0 Å². The van der Waals surface area contributed by atoms with Gasteiger partial charge in [-0.3, -0.25) is 4.99 Å². The minimum absolute atomic E-state index is 0.234. The van der Waals surface area contributed by atoms with Crippen molar-refractivity contribution in [2.45, 2.75) is 24.3 Å². The highest BCUT2D eigenvalue weighted by Gasteiger charge is 2.14. The maximum absolute atomic E-state index is 11.5. The number of rotatable bonds is 8. The first-order valence-electron chi connectivity index (χ1n) is 9.67. The summed E-state index contributed by atoms with van der Waals surface area (Å²) in [6.07, 6.45) is 2.00. The molecule has 0 aliphatic heterocycles. The lowest BCUT2D eigenvalue weighted by Gasteiger charge is -2.26. The van der Waals surface area contributed by atoms with Crippen LogP contribution in [-0.2, 0) is 16.3 Å². The van der Waals surface area contributed by atoms with Gasteiger partial charge >= 0.3 is 0 Å². The topological polar surface area (TPSA) is 73.8 Å². The lowest BCUT2D eigenvalue weighted by Crippen LogP contribution is -2.42. The summed E-state index contributed by atoms with van der Waals surface area (Å²) in [6.45, 7) is 3.53. The van der Waals surface area contributed by atoms with E-state index in [2.05, 4.69) is 65.8 Å². The second kappa shape index (κ2) is 10.4. The van der Waals surface area contributed by atoms with Gasteiger partial charge in [0.05, 0.1) is 10.9 Å². The van der Waals surface area contributed by atoms with Gasteiger partial charge in [-0.2, -0.15) is 0 Å². The van der Waals surface area contributed by atoms with Crippen LogP contribution >= 0.6 is 0 Å². The Labute approximate surface area is 175 Å². The normalized spacial score (nSPS) is 13.4. The van der Waals surface area contributed by atoms with E-state index in [9.17, 15) is 8.42 Å². The fourth-order valence-electron chi connectivity index (χ4n) is 3.03. The average Bonchev–Trinajstić information content (AvgIpc) is 2.67. The molecule has 0 bridgehead atoms. The van der Waals surface area contributed by atoms with Crippen molar-refractivity contribution in [1.82, 2.24) is 15.5 Å².